The van der Waals surface area contributed by atoms with Crippen molar-refractivity contribution in [2.75, 3.05) is 9.80 Å². The minimum Gasteiger partial charge on any atom is -0.454 e. The highest BCUT2D eigenvalue weighted by Gasteiger charge is 2.26. The van der Waals surface area contributed by atoms with Crippen LogP contribution >= 0.6 is 0 Å². The van der Waals surface area contributed by atoms with Crippen molar-refractivity contribution in [2.24, 2.45) is 0 Å². The summed E-state index contributed by atoms with van der Waals surface area (Å²) in [5.41, 5.74) is 12.5. The molecule has 0 spiro atoms. The Labute approximate surface area is 362 Å². The molecule has 0 aliphatic heterocycles. The Bertz CT molecular complexity index is 3890. The van der Waals surface area contributed by atoms with Crippen molar-refractivity contribution in [1.29, 1.82) is 10.5 Å². The van der Waals surface area contributed by atoms with E-state index in [1.807, 2.05) is 36.4 Å². The Hall–Kier alpha value is -8.58. The van der Waals surface area contributed by atoms with Crippen LogP contribution < -0.4 is 9.80 Å². The van der Waals surface area contributed by atoms with Gasteiger partial charge < -0.3 is 18.6 Å². The van der Waals surface area contributed by atoms with Gasteiger partial charge in [-0.3, -0.25) is 0 Å². The van der Waals surface area contributed by atoms with Crippen LogP contribution in [0.25, 0.3) is 76.2 Å². The van der Waals surface area contributed by atoms with Crippen molar-refractivity contribution >= 4 is 105 Å². The number of nitriles is 2. The molecule has 0 amide bonds. The summed E-state index contributed by atoms with van der Waals surface area (Å²) in [4.78, 5) is 4.59. The van der Waals surface area contributed by atoms with E-state index in [1.165, 1.54) is 0 Å². The first-order valence-electron chi connectivity index (χ1n) is 21.1. The Morgan fingerprint density at radius 3 is 1.52 bits per heavy atom. The first-order valence-corrected chi connectivity index (χ1v) is 21.1. The quantitative estimate of drug-likeness (QED) is 0.156. The molecule has 296 valence electrons. The van der Waals surface area contributed by atoms with E-state index in [9.17, 15) is 10.5 Å². The fourth-order valence-electron chi connectivity index (χ4n) is 9.79. The molecule has 6 nitrogen and oxygen atoms in total. The van der Waals surface area contributed by atoms with E-state index in [0.29, 0.717) is 17.6 Å². The number of aryl methyl sites for hydroxylation is 2. The third kappa shape index (κ3) is 5.49. The van der Waals surface area contributed by atoms with Crippen molar-refractivity contribution < 1.29 is 8.83 Å². The summed E-state index contributed by atoms with van der Waals surface area (Å²) in [6, 6.07) is 55.5. The average Bonchev–Trinajstić information content (AvgIpc) is 3.82. The highest BCUT2D eigenvalue weighted by atomic mass is 16.3. The lowest BCUT2D eigenvalue weighted by atomic mass is 9.91. The van der Waals surface area contributed by atoms with Gasteiger partial charge in [0.2, 0.25) is 0 Å². The van der Waals surface area contributed by atoms with Crippen LogP contribution in [0.5, 0.6) is 0 Å². The van der Waals surface area contributed by atoms with Crippen molar-refractivity contribution in [3.63, 3.8) is 0 Å². The van der Waals surface area contributed by atoms with E-state index in [0.717, 1.165) is 121 Å². The lowest BCUT2D eigenvalue weighted by Gasteiger charge is -2.30. The lowest BCUT2D eigenvalue weighted by Crippen LogP contribution is -2.17. The molecule has 0 saturated carbocycles. The van der Waals surface area contributed by atoms with Gasteiger partial charge in [-0.25, -0.2) is 0 Å². The van der Waals surface area contributed by atoms with Gasteiger partial charge in [-0.05, 0) is 113 Å². The second-order valence-corrected chi connectivity index (χ2v) is 16.3. The predicted octanol–water partition coefficient (Wildman–Crippen LogP) is 15.8. The SMILES string of the molecule is Cc1cccc2c1oc1c(N(C3=CC=C(C#N)C=CC3)c3ccc4ccc5c(N(c6ccc(C#N)cc6)c6cccc7c6oc6c(C)cccc67)ccc6ccc3c4c65)cccc12. The second kappa shape index (κ2) is 14.0. The summed E-state index contributed by atoms with van der Waals surface area (Å²) >= 11 is 0. The number of fused-ring (bicyclic) bond motifs is 6. The summed E-state index contributed by atoms with van der Waals surface area (Å²) < 4.78 is 13.6. The summed E-state index contributed by atoms with van der Waals surface area (Å²) in [7, 11) is 0. The van der Waals surface area contributed by atoms with E-state index in [2.05, 4.69) is 169 Å². The van der Waals surface area contributed by atoms with Gasteiger partial charge in [0, 0.05) is 50.1 Å². The zero-order valence-electron chi connectivity index (χ0n) is 34.5. The Morgan fingerprint density at radius 1 is 0.460 bits per heavy atom. The molecule has 0 atom stereocenters. The molecule has 0 radical (unpaired) electrons. The van der Waals surface area contributed by atoms with Gasteiger partial charge in [-0.15, -0.1) is 0 Å². The van der Waals surface area contributed by atoms with Gasteiger partial charge in [0.15, 0.2) is 11.2 Å². The second-order valence-electron chi connectivity index (χ2n) is 16.3. The largest absolute Gasteiger partial charge is 0.454 e. The van der Waals surface area contributed by atoms with Crippen LogP contribution in [0.15, 0.2) is 190 Å². The molecule has 0 fully saturated rings. The minimum absolute atomic E-state index is 0.593. The van der Waals surface area contributed by atoms with Crippen molar-refractivity contribution in [3.05, 3.63) is 198 Å². The molecule has 63 heavy (non-hydrogen) atoms. The van der Waals surface area contributed by atoms with Crippen LogP contribution in [0, 0.1) is 36.5 Å². The van der Waals surface area contributed by atoms with Gasteiger partial charge in [-0.2, -0.15) is 10.5 Å². The molecule has 1 aliphatic rings. The third-order valence-corrected chi connectivity index (χ3v) is 12.7. The molecule has 1 aliphatic carbocycles. The van der Waals surface area contributed by atoms with Crippen LogP contribution in [0.4, 0.5) is 28.4 Å². The lowest BCUT2D eigenvalue weighted by molar-refractivity contribution is 0.665. The molecule has 11 aromatic rings. The van der Waals surface area contributed by atoms with Crippen LogP contribution in [0.1, 0.15) is 23.1 Å². The zero-order chi connectivity index (χ0) is 42.3. The molecule has 0 N–H and O–H groups in total. The number of nitrogens with zero attached hydrogens (tertiary/aromatic N) is 4. The highest BCUT2D eigenvalue weighted by molar-refractivity contribution is 6.28. The topological polar surface area (TPSA) is 80.3 Å². The molecule has 9 aromatic carbocycles. The molecule has 12 rings (SSSR count). The number of allylic oxidation sites excluding steroid dienone is 5. The summed E-state index contributed by atoms with van der Waals surface area (Å²) in [5, 5.41) is 30.7. The number of anilines is 5. The van der Waals surface area contributed by atoms with Crippen LogP contribution in [-0.4, -0.2) is 0 Å². The Morgan fingerprint density at radius 2 is 0.968 bits per heavy atom. The number of hydrogen-bond donors (Lipinski definition) is 0. The maximum atomic E-state index is 9.90. The van der Waals surface area contributed by atoms with Crippen molar-refractivity contribution in [2.45, 2.75) is 20.3 Å². The summed E-state index contributed by atoms with van der Waals surface area (Å²) in [6.07, 6.45) is 8.53. The molecule has 6 heteroatoms. The van der Waals surface area contributed by atoms with E-state index in [-0.39, 0.29) is 0 Å². The third-order valence-electron chi connectivity index (χ3n) is 12.7. The van der Waals surface area contributed by atoms with Gasteiger partial charge in [0.05, 0.1) is 46.0 Å². The van der Waals surface area contributed by atoms with Crippen molar-refractivity contribution in [1.82, 2.24) is 0 Å². The van der Waals surface area contributed by atoms with E-state index < -0.39 is 0 Å². The molecule has 0 bridgehead atoms. The molecular weight excluding hydrogens is 773 g/mol. The van der Waals surface area contributed by atoms with Crippen LogP contribution in [0.3, 0.4) is 0 Å². The summed E-state index contributed by atoms with van der Waals surface area (Å²) in [6.45, 7) is 4.17. The number of rotatable bonds is 6. The van der Waals surface area contributed by atoms with Gasteiger partial charge in [0.1, 0.15) is 11.2 Å². The number of para-hydroxylation sites is 4. The van der Waals surface area contributed by atoms with E-state index in [4.69, 9.17) is 8.83 Å². The van der Waals surface area contributed by atoms with Crippen LogP contribution in [0.2, 0.25) is 0 Å². The fourth-order valence-corrected chi connectivity index (χ4v) is 9.79. The van der Waals surface area contributed by atoms with E-state index >= 15 is 0 Å². The molecule has 2 aromatic heterocycles. The fraction of sp³-hybridized carbons (Fsp3) is 0.0526. The smallest absolute Gasteiger partial charge is 0.159 e. The molecular formula is C57H36N4O2. The minimum atomic E-state index is 0.593. The van der Waals surface area contributed by atoms with Crippen molar-refractivity contribution in [3.8, 4) is 12.1 Å². The maximum Gasteiger partial charge on any atom is 0.159 e. The maximum absolute atomic E-state index is 9.90. The molecule has 0 unspecified atom stereocenters. The zero-order valence-corrected chi connectivity index (χ0v) is 34.5. The number of hydrogen-bond acceptors (Lipinski definition) is 6. The van der Waals surface area contributed by atoms with E-state index in [1.54, 1.807) is 0 Å². The van der Waals surface area contributed by atoms with Gasteiger partial charge in [-0.1, -0.05) is 103 Å². The summed E-state index contributed by atoms with van der Waals surface area (Å²) in [5.74, 6) is 0. The highest BCUT2D eigenvalue weighted by Crippen LogP contribution is 2.50. The molecule has 0 saturated heterocycles. The van der Waals surface area contributed by atoms with Gasteiger partial charge >= 0.3 is 0 Å². The number of benzene rings is 9. The normalized spacial score (nSPS) is 13.0. The first-order chi connectivity index (χ1) is 31.0. The monoisotopic (exact) mass is 808 g/mol. The average molecular weight is 809 g/mol. The standard InChI is InChI=1S/C57H36N4O2/c1-34-8-3-12-42-44-14-6-16-50(56(44)62-54(34)42)60(40-11-5-10-36(32-58)18-25-40)48-30-23-38-22-29-47-49(31-24-39-21-28-46(48)52(38)53(39)47)61(41-26-19-37(33-59)20-27-41)51-17-7-15-45-43-13-4-9-35(2)55(43)63-57(45)51/h3-10,12-31H,11H2,1-2H3. The Balaban J connectivity index is 1.13. The van der Waals surface area contributed by atoms with Crippen LogP contribution in [-0.2, 0) is 0 Å². The van der Waals surface area contributed by atoms with Gasteiger partial charge in [0.25, 0.3) is 0 Å². The Kier molecular flexibility index (Phi) is 8.06. The predicted molar refractivity (Wildman–Crippen MR) is 258 cm³/mol. The first kappa shape index (κ1) is 36.3. The number of furan rings is 2. The molecule has 2 heterocycles.